The van der Waals surface area contributed by atoms with Crippen molar-refractivity contribution in [2.45, 2.75) is 13.8 Å². The molecule has 2 aromatic carbocycles. The third kappa shape index (κ3) is 2.99. The highest BCUT2D eigenvalue weighted by atomic mass is 35.5. The number of nitrogens with zero attached hydrogens (tertiary/aromatic N) is 1. The molecule has 104 valence electrons. The lowest BCUT2D eigenvalue weighted by Crippen LogP contribution is -1.97. The molecular weight excluding hydrogens is 277 g/mol. The van der Waals surface area contributed by atoms with Gasteiger partial charge in [0.15, 0.2) is 0 Å². The lowest BCUT2D eigenvalue weighted by molar-refractivity contribution is 0.213. The summed E-state index contributed by atoms with van der Waals surface area (Å²) in [6.45, 7) is 3.76. The molecule has 0 saturated heterocycles. The third-order valence-corrected chi connectivity index (χ3v) is 3.41. The van der Waals surface area contributed by atoms with Gasteiger partial charge in [0.25, 0.3) is 0 Å². The van der Waals surface area contributed by atoms with Crippen LogP contribution in [-0.4, -0.2) is 12.8 Å². The first-order valence-corrected chi connectivity index (χ1v) is 6.55. The van der Waals surface area contributed by atoms with E-state index in [1.165, 1.54) is 19.2 Å². The second kappa shape index (κ2) is 6.06. The Bertz CT molecular complexity index is 668. The molecule has 20 heavy (non-hydrogen) atoms. The maximum Gasteiger partial charge on any atom is 0.123 e. The van der Waals surface area contributed by atoms with E-state index in [1.807, 2.05) is 32.0 Å². The molecule has 0 spiro atoms. The number of halogens is 2. The van der Waals surface area contributed by atoms with Crippen LogP contribution in [0.1, 0.15) is 18.1 Å². The van der Waals surface area contributed by atoms with Crippen molar-refractivity contribution in [2.24, 2.45) is 5.16 Å². The molecule has 0 atom stereocenters. The number of rotatable bonds is 3. The second-order valence-corrected chi connectivity index (χ2v) is 4.92. The smallest absolute Gasteiger partial charge is 0.123 e. The Morgan fingerprint density at radius 1 is 1.20 bits per heavy atom. The van der Waals surface area contributed by atoms with Crippen LogP contribution >= 0.6 is 11.6 Å². The first-order chi connectivity index (χ1) is 9.52. The van der Waals surface area contributed by atoms with Crippen LogP contribution in [0.2, 0.25) is 5.02 Å². The van der Waals surface area contributed by atoms with Gasteiger partial charge in [-0.15, -0.1) is 0 Å². The van der Waals surface area contributed by atoms with Crippen LogP contribution < -0.4 is 0 Å². The van der Waals surface area contributed by atoms with Gasteiger partial charge < -0.3 is 4.84 Å². The van der Waals surface area contributed by atoms with Crippen LogP contribution in [-0.2, 0) is 4.84 Å². The summed E-state index contributed by atoms with van der Waals surface area (Å²) in [6, 6.07) is 10.3. The average molecular weight is 292 g/mol. The van der Waals surface area contributed by atoms with E-state index in [1.54, 1.807) is 6.07 Å². The Morgan fingerprint density at radius 3 is 2.60 bits per heavy atom. The lowest BCUT2D eigenvalue weighted by Gasteiger charge is -2.09. The summed E-state index contributed by atoms with van der Waals surface area (Å²) in [6.07, 6.45) is 0. The summed E-state index contributed by atoms with van der Waals surface area (Å²) in [5.41, 5.74) is 4.20. The Labute approximate surface area is 122 Å². The van der Waals surface area contributed by atoms with E-state index in [0.717, 1.165) is 22.3 Å². The summed E-state index contributed by atoms with van der Waals surface area (Å²) < 4.78 is 13.4. The maximum atomic E-state index is 13.4. The number of aryl methyl sites for hydroxylation is 1. The molecule has 0 unspecified atom stereocenters. The number of oxime groups is 1. The molecule has 0 N–H and O–H groups in total. The van der Waals surface area contributed by atoms with Crippen LogP contribution in [0.4, 0.5) is 4.39 Å². The minimum Gasteiger partial charge on any atom is -0.399 e. The molecule has 0 amide bonds. The van der Waals surface area contributed by atoms with Crippen molar-refractivity contribution in [3.8, 4) is 11.1 Å². The fourth-order valence-electron chi connectivity index (χ4n) is 2.07. The summed E-state index contributed by atoms with van der Waals surface area (Å²) in [4.78, 5) is 4.74. The Kier molecular flexibility index (Phi) is 4.40. The number of hydrogen-bond donors (Lipinski definition) is 0. The van der Waals surface area contributed by atoms with Crippen molar-refractivity contribution in [1.29, 1.82) is 0 Å². The monoisotopic (exact) mass is 291 g/mol. The Morgan fingerprint density at radius 2 is 1.95 bits per heavy atom. The van der Waals surface area contributed by atoms with E-state index >= 15 is 0 Å². The molecule has 2 rings (SSSR count). The van der Waals surface area contributed by atoms with E-state index in [0.29, 0.717) is 10.7 Å². The zero-order valence-corrected chi connectivity index (χ0v) is 12.3. The first kappa shape index (κ1) is 14.5. The standard InChI is InChI=1S/C16H15ClFNO/c1-10-4-6-13(18)9-15(10)12-5-7-14(16(17)8-12)11(2)19-20-3/h4-9H,1-3H3/b19-11+. The summed E-state index contributed by atoms with van der Waals surface area (Å²) in [7, 11) is 1.49. The van der Waals surface area contributed by atoms with Crippen molar-refractivity contribution >= 4 is 17.3 Å². The van der Waals surface area contributed by atoms with E-state index in [9.17, 15) is 4.39 Å². The predicted molar refractivity (Wildman–Crippen MR) is 80.8 cm³/mol. The Balaban J connectivity index is 2.48. The topological polar surface area (TPSA) is 21.6 Å². The van der Waals surface area contributed by atoms with Gasteiger partial charge in [-0.2, -0.15) is 0 Å². The van der Waals surface area contributed by atoms with Gasteiger partial charge in [0.2, 0.25) is 0 Å². The molecule has 0 bridgehead atoms. The number of hydrogen-bond acceptors (Lipinski definition) is 2. The van der Waals surface area contributed by atoms with Gasteiger partial charge in [0, 0.05) is 5.56 Å². The van der Waals surface area contributed by atoms with Crippen LogP contribution in [0.15, 0.2) is 41.6 Å². The summed E-state index contributed by atoms with van der Waals surface area (Å²) in [5.74, 6) is -0.261. The first-order valence-electron chi connectivity index (χ1n) is 6.17. The molecule has 0 fully saturated rings. The van der Waals surface area contributed by atoms with Crippen molar-refractivity contribution in [1.82, 2.24) is 0 Å². The minimum absolute atomic E-state index is 0.261. The molecule has 0 aliphatic rings. The normalized spacial score (nSPS) is 11.6. The molecular formula is C16H15ClFNO. The Hall–Kier alpha value is -1.87. The van der Waals surface area contributed by atoms with E-state index in [2.05, 4.69) is 5.16 Å². The fraction of sp³-hybridized carbons (Fsp3) is 0.188. The molecule has 0 saturated carbocycles. The van der Waals surface area contributed by atoms with Crippen LogP contribution in [0.5, 0.6) is 0 Å². The van der Waals surface area contributed by atoms with E-state index in [-0.39, 0.29) is 5.82 Å². The molecule has 4 heteroatoms. The summed E-state index contributed by atoms with van der Waals surface area (Å²) in [5, 5.41) is 4.42. The molecule has 2 nitrogen and oxygen atoms in total. The molecule has 0 aromatic heterocycles. The zero-order chi connectivity index (χ0) is 14.7. The van der Waals surface area contributed by atoms with Gasteiger partial charge >= 0.3 is 0 Å². The summed E-state index contributed by atoms with van der Waals surface area (Å²) >= 11 is 6.27. The van der Waals surface area contributed by atoms with Crippen LogP contribution in [0, 0.1) is 12.7 Å². The van der Waals surface area contributed by atoms with Crippen molar-refractivity contribution < 1.29 is 9.23 Å². The number of benzene rings is 2. The van der Waals surface area contributed by atoms with Crippen LogP contribution in [0.25, 0.3) is 11.1 Å². The van der Waals surface area contributed by atoms with Crippen molar-refractivity contribution in [2.75, 3.05) is 7.11 Å². The maximum absolute atomic E-state index is 13.4. The van der Waals surface area contributed by atoms with Gasteiger partial charge in [0.05, 0.1) is 10.7 Å². The van der Waals surface area contributed by atoms with Crippen molar-refractivity contribution in [3.63, 3.8) is 0 Å². The molecule has 0 aliphatic carbocycles. The van der Waals surface area contributed by atoms with E-state index < -0.39 is 0 Å². The van der Waals surface area contributed by atoms with Gasteiger partial charge in [-0.1, -0.05) is 35.0 Å². The fourth-order valence-corrected chi connectivity index (χ4v) is 2.38. The molecule has 0 heterocycles. The van der Waals surface area contributed by atoms with E-state index in [4.69, 9.17) is 16.4 Å². The molecule has 0 radical (unpaired) electrons. The minimum atomic E-state index is -0.261. The zero-order valence-electron chi connectivity index (χ0n) is 11.6. The van der Waals surface area contributed by atoms with Gasteiger partial charge in [0.1, 0.15) is 12.9 Å². The SMILES string of the molecule is CO/N=C(\C)c1ccc(-c2cc(F)ccc2C)cc1Cl. The van der Waals surface area contributed by atoms with Gasteiger partial charge in [-0.25, -0.2) is 4.39 Å². The third-order valence-electron chi connectivity index (χ3n) is 3.10. The largest absolute Gasteiger partial charge is 0.399 e. The van der Waals surface area contributed by atoms with Crippen molar-refractivity contribution in [3.05, 3.63) is 58.4 Å². The lowest BCUT2D eigenvalue weighted by atomic mass is 9.98. The van der Waals surface area contributed by atoms with Gasteiger partial charge in [-0.05, 0) is 48.7 Å². The predicted octanol–water partition coefficient (Wildman–Crippen LogP) is 4.82. The average Bonchev–Trinajstić information content (AvgIpc) is 2.41. The van der Waals surface area contributed by atoms with Crippen LogP contribution in [0.3, 0.4) is 0 Å². The second-order valence-electron chi connectivity index (χ2n) is 4.51. The highest BCUT2D eigenvalue weighted by molar-refractivity contribution is 6.34. The molecule has 0 aliphatic heterocycles. The quantitative estimate of drug-likeness (QED) is 0.586. The molecule has 2 aromatic rings. The van der Waals surface area contributed by atoms with Gasteiger partial charge in [-0.3, -0.25) is 0 Å². The highest BCUT2D eigenvalue weighted by Crippen LogP contribution is 2.29. The highest BCUT2D eigenvalue weighted by Gasteiger charge is 2.09.